The van der Waals surface area contributed by atoms with Gasteiger partial charge in [-0.25, -0.2) is 9.59 Å². The van der Waals surface area contributed by atoms with Gasteiger partial charge in [-0.05, 0) is 50.1 Å². The lowest BCUT2D eigenvalue weighted by Crippen LogP contribution is -2.32. The number of fused-ring (bicyclic) bond motifs is 1. The number of aromatic amines is 1. The van der Waals surface area contributed by atoms with Crippen LogP contribution in [-0.4, -0.2) is 39.7 Å². The van der Waals surface area contributed by atoms with Gasteiger partial charge in [0.05, 0.1) is 23.7 Å². The molecule has 0 unspecified atom stereocenters. The minimum Gasteiger partial charge on any atom is -0.490 e. The number of carboxylic acids is 1. The number of aliphatic carboxylic acids is 1. The van der Waals surface area contributed by atoms with Crippen LogP contribution in [0.4, 0.5) is 0 Å². The van der Waals surface area contributed by atoms with Gasteiger partial charge in [-0.15, -0.1) is 11.3 Å². The van der Waals surface area contributed by atoms with Gasteiger partial charge in [0.15, 0.2) is 17.6 Å². The van der Waals surface area contributed by atoms with Gasteiger partial charge in [0.25, 0.3) is 5.56 Å². The molecule has 0 radical (unpaired) electrons. The monoisotopic (exact) mass is 437 g/mol. The molecule has 0 aliphatic rings. The van der Waals surface area contributed by atoms with Gasteiger partial charge in [0.2, 0.25) is 0 Å². The number of carboxylic acid groups (broad SMARTS) is 1. The van der Waals surface area contributed by atoms with E-state index in [1.165, 1.54) is 13.1 Å². The Morgan fingerprint density at radius 2 is 2.06 bits per heavy atom. The molecule has 166 valence electrons. The summed E-state index contributed by atoms with van der Waals surface area (Å²) in [5.74, 6) is -0.502. The molecule has 3 rings (SSSR count). The number of carbonyl (C=O) groups is 1. The number of nitrogens with one attached hydrogen (secondary N) is 1. The van der Waals surface area contributed by atoms with E-state index in [0.29, 0.717) is 46.6 Å². The summed E-state index contributed by atoms with van der Waals surface area (Å²) in [4.78, 5) is 38.9. The SMILES string of the molecule is C=CCc1cc(C=Nn2c(=O)[nH]c3ccccc3c2=O)cc(OCC)c1O[C@H](C)C(=O)O. The summed E-state index contributed by atoms with van der Waals surface area (Å²) in [6, 6.07) is 9.96. The van der Waals surface area contributed by atoms with E-state index in [0.717, 1.165) is 4.68 Å². The number of hydrogen-bond donors (Lipinski definition) is 2. The van der Waals surface area contributed by atoms with Gasteiger partial charge >= 0.3 is 11.7 Å². The molecule has 0 saturated carbocycles. The third-order valence-electron chi connectivity index (χ3n) is 4.57. The van der Waals surface area contributed by atoms with Crippen molar-refractivity contribution in [3.63, 3.8) is 0 Å². The average Bonchev–Trinajstić information content (AvgIpc) is 2.76. The van der Waals surface area contributed by atoms with Crippen molar-refractivity contribution in [1.29, 1.82) is 0 Å². The first-order chi connectivity index (χ1) is 15.3. The lowest BCUT2D eigenvalue weighted by Gasteiger charge is -2.18. The first kappa shape index (κ1) is 22.5. The second-order valence-corrected chi connectivity index (χ2v) is 6.87. The molecule has 32 heavy (non-hydrogen) atoms. The van der Waals surface area contributed by atoms with Crippen LogP contribution in [0.15, 0.2) is 63.7 Å². The van der Waals surface area contributed by atoms with E-state index in [2.05, 4.69) is 16.7 Å². The van der Waals surface area contributed by atoms with E-state index >= 15 is 0 Å². The van der Waals surface area contributed by atoms with Crippen LogP contribution in [0.2, 0.25) is 0 Å². The summed E-state index contributed by atoms with van der Waals surface area (Å²) in [7, 11) is 0. The fourth-order valence-corrected chi connectivity index (χ4v) is 3.07. The summed E-state index contributed by atoms with van der Waals surface area (Å²) in [6.07, 6.45) is 2.28. The van der Waals surface area contributed by atoms with Crippen LogP contribution in [0, 0.1) is 0 Å². The fourth-order valence-electron chi connectivity index (χ4n) is 3.07. The van der Waals surface area contributed by atoms with Gasteiger partial charge in [-0.3, -0.25) is 4.79 Å². The summed E-state index contributed by atoms with van der Waals surface area (Å²) >= 11 is 0. The Balaban J connectivity index is 2.08. The molecule has 2 aromatic carbocycles. The predicted octanol–water partition coefficient (Wildman–Crippen LogP) is 2.55. The van der Waals surface area contributed by atoms with E-state index in [1.54, 1.807) is 49.4 Å². The summed E-state index contributed by atoms with van der Waals surface area (Å²) in [5, 5.41) is 13.6. The molecule has 0 amide bonds. The largest absolute Gasteiger partial charge is 0.490 e. The van der Waals surface area contributed by atoms with Crippen LogP contribution in [0.5, 0.6) is 11.5 Å². The number of rotatable bonds is 9. The Kier molecular flexibility index (Phi) is 6.89. The number of aromatic nitrogens is 2. The van der Waals surface area contributed by atoms with Crippen molar-refractivity contribution in [2.45, 2.75) is 26.4 Å². The average molecular weight is 437 g/mol. The number of H-pyrrole nitrogens is 1. The summed E-state index contributed by atoms with van der Waals surface area (Å²) < 4.78 is 12.0. The third kappa shape index (κ3) is 4.77. The van der Waals surface area contributed by atoms with E-state index in [-0.39, 0.29) is 0 Å². The van der Waals surface area contributed by atoms with Crippen LogP contribution in [0.25, 0.3) is 10.9 Å². The van der Waals surface area contributed by atoms with E-state index in [9.17, 15) is 19.5 Å². The fraction of sp³-hybridized carbons (Fsp3) is 0.217. The normalized spacial score (nSPS) is 12.1. The molecular formula is C23H23N3O6. The van der Waals surface area contributed by atoms with Crippen LogP contribution in [0.1, 0.15) is 25.0 Å². The van der Waals surface area contributed by atoms with Crippen LogP contribution < -0.4 is 20.7 Å². The molecule has 1 aromatic heterocycles. The molecule has 9 heteroatoms. The van der Waals surface area contributed by atoms with E-state index in [4.69, 9.17) is 9.47 Å². The first-order valence-electron chi connectivity index (χ1n) is 9.94. The summed E-state index contributed by atoms with van der Waals surface area (Å²) in [5.41, 5.74) is 0.360. The Hall–Kier alpha value is -4.14. The van der Waals surface area contributed by atoms with Gasteiger partial charge in [0, 0.05) is 5.56 Å². The zero-order valence-electron chi connectivity index (χ0n) is 17.7. The zero-order valence-corrected chi connectivity index (χ0v) is 17.7. The maximum Gasteiger partial charge on any atom is 0.349 e. The number of benzene rings is 2. The molecule has 0 aliphatic heterocycles. The predicted molar refractivity (Wildman–Crippen MR) is 121 cm³/mol. The van der Waals surface area contributed by atoms with Crippen molar-refractivity contribution in [2.24, 2.45) is 5.10 Å². The number of ether oxygens (including phenoxy) is 2. The highest BCUT2D eigenvalue weighted by Crippen LogP contribution is 2.34. The molecule has 0 fully saturated rings. The molecule has 9 nitrogen and oxygen atoms in total. The quantitative estimate of drug-likeness (QED) is 0.392. The number of para-hydroxylation sites is 1. The first-order valence-corrected chi connectivity index (χ1v) is 9.94. The molecule has 3 aromatic rings. The minimum atomic E-state index is -1.11. The maximum atomic E-state index is 12.7. The van der Waals surface area contributed by atoms with Crippen molar-refractivity contribution in [1.82, 2.24) is 9.66 Å². The molecule has 1 atom stereocenters. The number of hydrogen-bond acceptors (Lipinski definition) is 6. The van der Waals surface area contributed by atoms with Crippen molar-refractivity contribution in [2.75, 3.05) is 6.61 Å². The second kappa shape index (κ2) is 9.78. The summed E-state index contributed by atoms with van der Waals surface area (Å²) in [6.45, 7) is 7.24. The minimum absolute atomic E-state index is 0.291. The molecule has 2 N–H and O–H groups in total. The molecule has 0 aliphatic carbocycles. The van der Waals surface area contributed by atoms with Crippen LogP contribution in [-0.2, 0) is 11.2 Å². The highest BCUT2D eigenvalue weighted by atomic mass is 16.5. The lowest BCUT2D eigenvalue weighted by atomic mass is 10.1. The van der Waals surface area contributed by atoms with Gasteiger partial charge < -0.3 is 19.6 Å². The second-order valence-electron chi connectivity index (χ2n) is 6.87. The van der Waals surface area contributed by atoms with Crippen molar-refractivity contribution < 1.29 is 19.4 Å². The van der Waals surface area contributed by atoms with Crippen LogP contribution in [0.3, 0.4) is 0 Å². The van der Waals surface area contributed by atoms with Gasteiger partial charge in [-0.2, -0.15) is 5.10 Å². The Bertz CT molecular complexity index is 1310. The van der Waals surface area contributed by atoms with Crippen molar-refractivity contribution in [3.05, 3.63) is 81.0 Å². The highest BCUT2D eigenvalue weighted by molar-refractivity contribution is 5.82. The number of allylic oxidation sites excluding steroid dienone is 1. The molecule has 1 heterocycles. The van der Waals surface area contributed by atoms with E-state index in [1.807, 2.05) is 0 Å². The molecule has 0 spiro atoms. The molecular weight excluding hydrogens is 414 g/mol. The molecule has 0 saturated heterocycles. The van der Waals surface area contributed by atoms with Gasteiger partial charge in [0.1, 0.15) is 0 Å². The van der Waals surface area contributed by atoms with E-state index < -0.39 is 23.3 Å². The topological polar surface area (TPSA) is 123 Å². The standard InChI is InChI=1S/C23H23N3O6/c1-4-8-16-11-15(12-19(31-5-2)20(16)32-14(3)22(28)29)13-24-26-21(27)17-9-6-7-10-18(17)25-23(26)30/h4,6-7,9-14H,1,5,8H2,2-3H3,(H,25,30)(H,28,29)/t14-/m1/s1. The van der Waals surface area contributed by atoms with Crippen molar-refractivity contribution in [3.8, 4) is 11.5 Å². The highest BCUT2D eigenvalue weighted by Gasteiger charge is 2.19. The third-order valence-corrected chi connectivity index (χ3v) is 4.57. The maximum absolute atomic E-state index is 12.7. The van der Waals surface area contributed by atoms with Crippen molar-refractivity contribution >= 4 is 23.1 Å². The Morgan fingerprint density at radius 1 is 1.31 bits per heavy atom. The molecule has 0 bridgehead atoms. The van der Waals surface area contributed by atoms with Gasteiger partial charge in [-0.1, -0.05) is 18.2 Å². The Labute approximate surface area is 183 Å². The zero-order chi connectivity index (χ0) is 23.3. The lowest BCUT2D eigenvalue weighted by molar-refractivity contribution is -0.144. The van der Waals surface area contributed by atoms with Crippen LogP contribution >= 0.6 is 0 Å². The Morgan fingerprint density at radius 3 is 2.75 bits per heavy atom. The smallest absolute Gasteiger partial charge is 0.349 e. The number of nitrogens with zero attached hydrogens (tertiary/aromatic N) is 2.